The van der Waals surface area contributed by atoms with E-state index in [4.69, 9.17) is 8.37 Å². The molecule has 0 heterocycles. The zero-order valence-corrected chi connectivity index (χ0v) is 36.9. The van der Waals surface area contributed by atoms with Gasteiger partial charge in [-0.2, -0.15) is 16.8 Å². The molecule has 2 rings (SSSR count). The Balaban J connectivity index is 0.00000100. The van der Waals surface area contributed by atoms with E-state index in [1.165, 1.54) is 101 Å². The van der Waals surface area contributed by atoms with Gasteiger partial charge in [-0.3, -0.25) is 8.37 Å². The van der Waals surface area contributed by atoms with Crippen LogP contribution in [-0.2, 0) is 48.8 Å². The molecular formula is C36H58CaO12S4. The van der Waals surface area contributed by atoms with Crippen molar-refractivity contribution in [2.75, 3.05) is 13.2 Å². The van der Waals surface area contributed by atoms with E-state index in [-0.39, 0.29) is 51.0 Å². The Morgan fingerprint density at radius 1 is 0.396 bits per heavy atom. The monoisotopic (exact) mass is 850 g/mol. The molecule has 0 amide bonds. The standard InChI is InChI=1S/2C18H30O6S2.Ca/c2*1-2-3-4-5-6-7-8-9-10-13-16-24-26(22,23)18-15-12-11-14-17(18)25(19,20)21;/h2*11-12,14-15H,2-10,13,16H2,1H3,(H,19,20,21);/q;;+2/p-2. The Bertz CT molecular complexity index is 1590. The maximum atomic E-state index is 12.1. The molecule has 2 aromatic rings. The summed E-state index contributed by atoms with van der Waals surface area (Å²) in [7, 11) is -18.3. The largest absolute Gasteiger partial charge is 2.00 e. The first kappa shape index (κ1) is 52.3. The summed E-state index contributed by atoms with van der Waals surface area (Å²) >= 11 is 0. The topological polar surface area (TPSA) is 201 Å². The molecule has 0 spiro atoms. The van der Waals surface area contributed by atoms with Crippen molar-refractivity contribution in [1.82, 2.24) is 0 Å². The van der Waals surface area contributed by atoms with Crippen LogP contribution in [0.15, 0.2) is 68.1 Å². The van der Waals surface area contributed by atoms with Crippen molar-refractivity contribution in [2.24, 2.45) is 0 Å². The van der Waals surface area contributed by atoms with Crippen LogP contribution in [0.3, 0.4) is 0 Å². The molecule has 300 valence electrons. The summed E-state index contributed by atoms with van der Waals surface area (Å²) in [5.74, 6) is 0. The van der Waals surface area contributed by atoms with E-state index in [2.05, 4.69) is 13.8 Å². The second-order valence-electron chi connectivity index (χ2n) is 12.7. The maximum absolute atomic E-state index is 12.1. The third-order valence-corrected chi connectivity index (χ3v) is 13.0. The van der Waals surface area contributed by atoms with Crippen molar-refractivity contribution in [1.29, 1.82) is 0 Å². The quantitative estimate of drug-likeness (QED) is 0.0346. The summed E-state index contributed by atoms with van der Waals surface area (Å²) in [6, 6.07) is 9.38. The number of unbranched alkanes of at least 4 members (excludes halogenated alkanes) is 18. The predicted molar refractivity (Wildman–Crippen MR) is 205 cm³/mol. The Morgan fingerprint density at radius 3 is 0.868 bits per heavy atom. The van der Waals surface area contributed by atoms with Crippen molar-refractivity contribution < 1.29 is 51.1 Å². The van der Waals surface area contributed by atoms with Crippen molar-refractivity contribution >= 4 is 78.2 Å². The first-order valence-electron chi connectivity index (χ1n) is 18.5. The third kappa shape index (κ3) is 23.2. The molecular weight excluding hydrogens is 793 g/mol. The molecule has 0 N–H and O–H groups in total. The molecule has 2 aromatic carbocycles. The van der Waals surface area contributed by atoms with Gasteiger partial charge in [0.15, 0.2) is 0 Å². The molecule has 0 aliphatic rings. The van der Waals surface area contributed by atoms with E-state index < -0.39 is 60.1 Å². The second kappa shape index (κ2) is 28.7. The summed E-state index contributed by atoms with van der Waals surface area (Å²) in [5.41, 5.74) is 0. The van der Waals surface area contributed by atoms with Crippen LogP contribution >= 0.6 is 0 Å². The molecule has 12 nitrogen and oxygen atoms in total. The van der Waals surface area contributed by atoms with Crippen molar-refractivity contribution in [3.63, 3.8) is 0 Å². The number of hydrogen-bond donors (Lipinski definition) is 0. The van der Waals surface area contributed by atoms with E-state index in [1.807, 2.05) is 0 Å². The average Bonchev–Trinajstić information content (AvgIpc) is 3.09. The number of hydrogen-bond acceptors (Lipinski definition) is 12. The van der Waals surface area contributed by atoms with E-state index in [0.717, 1.165) is 62.8 Å². The van der Waals surface area contributed by atoms with Gasteiger partial charge >= 0.3 is 37.7 Å². The molecule has 0 radical (unpaired) electrons. The molecule has 0 unspecified atom stereocenters. The van der Waals surface area contributed by atoms with Gasteiger partial charge in [-0.15, -0.1) is 0 Å². The molecule has 53 heavy (non-hydrogen) atoms. The van der Waals surface area contributed by atoms with Gasteiger partial charge in [-0.25, -0.2) is 16.8 Å². The molecule has 0 bridgehead atoms. The van der Waals surface area contributed by atoms with Crippen LogP contribution in [-0.4, -0.2) is 93.7 Å². The van der Waals surface area contributed by atoms with Gasteiger partial charge in [-0.05, 0) is 37.1 Å². The molecule has 0 atom stereocenters. The Labute approximate surface area is 350 Å². The van der Waals surface area contributed by atoms with Crippen LogP contribution in [0.4, 0.5) is 0 Å². The summed E-state index contributed by atoms with van der Waals surface area (Å²) in [4.78, 5) is -2.74. The number of benzene rings is 2. The van der Waals surface area contributed by atoms with Gasteiger partial charge < -0.3 is 9.11 Å². The van der Waals surface area contributed by atoms with Crippen LogP contribution in [0.1, 0.15) is 142 Å². The fourth-order valence-corrected chi connectivity index (χ4v) is 9.76. The van der Waals surface area contributed by atoms with Gasteiger partial charge in [0.1, 0.15) is 30.0 Å². The minimum atomic E-state index is -4.88. The van der Waals surface area contributed by atoms with E-state index in [0.29, 0.717) is 12.8 Å². The molecule has 0 saturated heterocycles. The molecule has 0 aliphatic carbocycles. The van der Waals surface area contributed by atoms with Gasteiger partial charge in [0.25, 0.3) is 20.2 Å². The van der Waals surface area contributed by atoms with E-state index in [9.17, 15) is 42.8 Å². The van der Waals surface area contributed by atoms with E-state index >= 15 is 0 Å². The summed E-state index contributed by atoms with van der Waals surface area (Å²) < 4.78 is 125. The first-order chi connectivity index (χ1) is 24.6. The molecule has 0 saturated carbocycles. The van der Waals surface area contributed by atoms with Crippen LogP contribution in [0.2, 0.25) is 0 Å². The van der Waals surface area contributed by atoms with Gasteiger partial charge in [-0.1, -0.05) is 154 Å². The zero-order chi connectivity index (χ0) is 38.9. The van der Waals surface area contributed by atoms with Crippen molar-refractivity contribution in [2.45, 2.75) is 162 Å². The summed E-state index contributed by atoms with van der Waals surface area (Å²) in [6.07, 6.45) is 22.2. The van der Waals surface area contributed by atoms with Crippen LogP contribution in [0, 0.1) is 0 Å². The van der Waals surface area contributed by atoms with Gasteiger partial charge in [0.05, 0.1) is 23.0 Å². The van der Waals surface area contributed by atoms with Crippen molar-refractivity contribution in [3.05, 3.63) is 48.5 Å². The normalized spacial score (nSPS) is 12.2. The molecule has 17 heteroatoms. The van der Waals surface area contributed by atoms with Crippen LogP contribution < -0.4 is 0 Å². The van der Waals surface area contributed by atoms with Gasteiger partial charge in [0.2, 0.25) is 0 Å². The third-order valence-electron chi connectivity index (χ3n) is 8.25. The summed E-state index contributed by atoms with van der Waals surface area (Å²) in [6.45, 7) is 4.35. The molecule has 0 fully saturated rings. The predicted octanol–water partition coefficient (Wildman–Crippen LogP) is 8.05. The van der Waals surface area contributed by atoms with Crippen LogP contribution in [0.25, 0.3) is 0 Å². The van der Waals surface area contributed by atoms with Crippen molar-refractivity contribution in [3.8, 4) is 0 Å². The zero-order valence-electron chi connectivity index (χ0n) is 31.4. The van der Waals surface area contributed by atoms with Gasteiger partial charge in [0, 0.05) is 0 Å². The Morgan fingerprint density at radius 2 is 0.623 bits per heavy atom. The summed E-state index contributed by atoms with van der Waals surface area (Å²) in [5, 5.41) is 0. The Kier molecular flexibility index (Phi) is 28.3. The average molecular weight is 851 g/mol. The SMILES string of the molecule is CCCCCCCCCCCCOS(=O)(=O)c1ccccc1S(=O)(=O)[O-].CCCCCCCCCCCCOS(=O)(=O)c1ccccc1S(=O)(=O)[O-].[Ca+2]. The maximum Gasteiger partial charge on any atom is 2.00 e. The number of rotatable bonds is 28. The minimum absolute atomic E-state index is 0. The smallest absolute Gasteiger partial charge is 0.744 e. The molecule has 0 aromatic heterocycles. The minimum Gasteiger partial charge on any atom is -0.744 e. The first-order valence-corrected chi connectivity index (χ1v) is 24.1. The fourth-order valence-electron chi connectivity index (χ4n) is 5.37. The second-order valence-corrected chi connectivity index (χ2v) is 18.6. The Hall–Kier alpha value is -0.660. The van der Waals surface area contributed by atoms with Crippen LogP contribution in [0.5, 0.6) is 0 Å². The fraction of sp³-hybridized carbons (Fsp3) is 0.667. The van der Waals surface area contributed by atoms with E-state index in [1.54, 1.807) is 0 Å². The molecule has 0 aliphatic heterocycles.